The van der Waals surface area contributed by atoms with Crippen LogP contribution < -0.4 is 5.73 Å². The number of nitrogens with two attached hydrogens (primary N) is 1. The van der Waals surface area contributed by atoms with E-state index in [1.54, 1.807) is 11.8 Å². The molecule has 0 atom stereocenters. The number of benzene rings is 3. The SMILES string of the molecule is CC(C)c1ccc(-c2c(C#N)c(N)c(C#N)c3c2CSc2ccccc2-3)cc1. The summed E-state index contributed by atoms with van der Waals surface area (Å²) in [6, 6.07) is 20.9. The number of nitriles is 2. The molecule has 136 valence electrons. The maximum absolute atomic E-state index is 9.87. The van der Waals surface area contributed by atoms with E-state index in [0.29, 0.717) is 22.8 Å². The number of nitrogens with zero attached hydrogens (tertiary/aromatic N) is 2. The molecule has 0 radical (unpaired) electrons. The minimum atomic E-state index is 0.272. The third kappa shape index (κ3) is 2.74. The van der Waals surface area contributed by atoms with Gasteiger partial charge in [0.25, 0.3) is 0 Å². The van der Waals surface area contributed by atoms with Crippen molar-refractivity contribution in [1.29, 1.82) is 10.5 Å². The molecule has 0 saturated heterocycles. The Balaban J connectivity index is 2.07. The first-order valence-corrected chi connectivity index (χ1v) is 10.2. The fraction of sp³-hybridized carbons (Fsp3) is 0.167. The van der Waals surface area contributed by atoms with Gasteiger partial charge in [0, 0.05) is 21.8 Å². The molecule has 28 heavy (non-hydrogen) atoms. The highest BCUT2D eigenvalue weighted by molar-refractivity contribution is 7.98. The van der Waals surface area contributed by atoms with Crippen LogP contribution in [0.25, 0.3) is 22.3 Å². The smallest absolute Gasteiger partial charge is 0.102 e. The number of thioether (sulfide) groups is 1. The van der Waals surface area contributed by atoms with E-state index >= 15 is 0 Å². The van der Waals surface area contributed by atoms with E-state index < -0.39 is 0 Å². The van der Waals surface area contributed by atoms with Crippen LogP contribution in [0.5, 0.6) is 0 Å². The summed E-state index contributed by atoms with van der Waals surface area (Å²) in [6.07, 6.45) is 0. The fourth-order valence-electron chi connectivity index (χ4n) is 3.80. The Morgan fingerprint density at radius 3 is 2.21 bits per heavy atom. The van der Waals surface area contributed by atoms with Gasteiger partial charge in [0.1, 0.15) is 12.1 Å². The van der Waals surface area contributed by atoms with Crippen LogP contribution in [-0.2, 0) is 5.75 Å². The molecule has 2 N–H and O–H groups in total. The van der Waals surface area contributed by atoms with E-state index in [-0.39, 0.29) is 5.69 Å². The zero-order valence-electron chi connectivity index (χ0n) is 15.8. The van der Waals surface area contributed by atoms with E-state index in [1.165, 1.54) is 5.56 Å². The van der Waals surface area contributed by atoms with Crippen LogP contribution in [0.15, 0.2) is 53.4 Å². The second-order valence-electron chi connectivity index (χ2n) is 7.18. The van der Waals surface area contributed by atoms with E-state index in [2.05, 4.69) is 56.3 Å². The van der Waals surface area contributed by atoms with Gasteiger partial charge >= 0.3 is 0 Å². The van der Waals surface area contributed by atoms with E-state index in [9.17, 15) is 10.5 Å². The van der Waals surface area contributed by atoms with Crippen LogP contribution in [0.1, 0.15) is 42.0 Å². The van der Waals surface area contributed by atoms with Gasteiger partial charge in [-0.1, -0.05) is 56.3 Å². The quantitative estimate of drug-likeness (QED) is 0.546. The summed E-state index contributed by atoms with van der Waals surface area (Å²) in [5.74, 6) is 1.14. The zero-order chi connectivity index (χ0) is 19.8. The van der Waals surface area contributed by atoms with Gasteiger partial charge < -0.3 is 5.73 Å². The summed E-state index contributed by atoms with van der Waals surface area (Å²) < 4.78 is 0. The van der Waals surface area contributed by atoms with Gasteiger partial charge in [-0.05, 0) is 34.2 Å². The number of nitrogen functional groups attached to an aromatic ring is 1. The Labute approximate surface area is 169 Å². The number of hydrogen-bond acceptors (Lipinski definition) is 4. The van der Waals surface area contributed by atoms with Gasteiger partial charge in [-0.3, -0.25) is 0 Å². The van der Waals surface area contributed by atoms with Crippen LogP contribution in [0.3, 0.4) is 0 Å². The summed E-state index contributed by atoms with van der Waals surface area (Å²) >= 11 is 1.73. The maximum atomic E-state index is 9.87. The third-order valence-electron chi connectivity index (χ3n) is 5.26. The molecule has 0 saturated carbocycles. The lowest BCUT2D eigenvalue weighted by atomic mass is 9.84. The van der Waals surface area contributed by atoms with Crippen LogP contribution >= 0.6 is 11.8 Å². The molecule has 1 heterocycles. The molecule has 0 bridgehead atoms. The van der Waals surface area contributed by atoms with Crippen molar-refractivity contribution in [3.63, 3.8) is 0 Å². The molecule has 0 spiro atoms. The first-order valence-electron chi connectivity index (χ1n) is 9.17. The highest BCUT2D eigenvalue weighted by Gasteiger charge is 2.28. The van der Waals surface area contributed by atoms with E-state index in [0.717, 1.165) is 32.7 Å². The summed E-state index contributed by atoms with van der Waals surface area (Å²) in [6.45, 7) is 4.32. The van der Waals surface area contributed by atoms with Gasteiger partial charge in [0.05, 0.1) is 16.8 Å². The van der Waals surface area contributed by atoms with Crippen LogP contribution in [0.2, 0.25) is 0 Å². The first kappa shape index (κ1) is 18.2. The van der Waals surface area contributed by atoms with Gasteiger partial charge in [0.2, 0.25) is 0 Å². The largest absolute Gasteiger partial charge is 0.397 e. The van der Waals surface area contributed by atoms with Gasteiger partial charge in [-0.15, -0.1) is 11.8 Å². The predicted molar refractivity (Wildman–Crippen MR) is 115 cm³/mol. The molecule has 1 aliphatic rings. The Kier molecular flexibility index (Phi) is 4.59. The average molecular weight is 382 g/mol. The molecular formula is C24H19N3S. The lowest BCUT2D eigenvalue weighted by Crippen LogP contribution is -2.08. The van der Waals surface area contributed by atoms with Crippen molar-refractivity contribution in [2.45, 2.75) is 30.4 Å². The van der Waals surface area contributed by atoms with Crippen molar-refractivity contribution in [2.75, 3.05) is 5.73 Å². The molecule has 1 aliphatic heterocycles. The minimum Gasteiger partial charge on any atom is -0.397 e. The molecule has 4 rings (SSSR count). The molecule has 0 amide bonds. The number of fused-ring (bicyclic) bond motifs is 3. The molecule has 3 nitrogen and oxygen atoms in total. The second kappa shape index (κ2) is 7.08. The zero-order valence-corrected chi connectivity index (χ0v) is 16.6. The Bertz CT molecular complexity index is 1160. The van der Waals surface area contributed by atoms with Crippen molar-refractivity contribution in [3.05, 3.63) is 70.8 Å². The molecule has 3 aromatic rings. The number of anilines is 1. The lowest BCUT2D eigenvalue weighted by Gasteiger charge is -2.25. The number of hydrogen-bond donors (Lipinski definition) is 1. The van der Waals surface area contributed by atoms with Crippen LogP contribution in [0.4, 0.5) is 5.69 Å². The molecule has 0 unspecified atom stereocenters. The molecule has 0 aromatic heterocycles. The lowest BCUT2D eigenvalue weighted by molar-refractivity contribution is 0.867. The van der Waals surface area contributed by atoms with E-state index in [4.69, 9.17) is 5.73 Å². The van der Waals surface area contributed by atoms with E-state index in [1.807, 2.05) is 18.2 Å². The Morgan fingerprint density at radius 1 is 0.929 bits per heavy atom. The fourth-order valence-corrected chi connectivity index (χ4v) is 4.89. The maximum Gasteiger partial charge on any atom is 0.102 e. The van der Waals surface area contributed by atoms with Crippen molar-refractivity contribution < 1.29 is 0 Å². The Morgan fingerprint density at radius 2 is 1.57 bits per heavy atom. The molecule has 0 fully saturated rings. The monoisotopic (exact) mass is 381 g/mol. The van der Waals surface area contributed by atoms with Crippen LogP contribution in [-0.4, -0.2) is 0 Å². The molecular weight excluding hydrogens is 362 g/mol. The average Bonchev–Trinajstić information content (AvgIpc) is 2.72. The van der Waals surface area contributed by atoms with Crippen molar-refractivity contribution in [3.8, 4) is 34.4 Å². The van der Waals surface area contributed by atoms with Gasteiger partial charge in [-0.25, -0.2) is 0 Å². The first-order chi connectivity index (χ1) is 13.6. The standard InChI is InChI=1S/C24H19N3S/c1-14(2)15-7-9-16(10-8-15)22-18(11-25)24(27)19(12-26)23-17-5-3-4-6-21(17)28-13-20(22)23/h3-10,14H,13,27H2,1-2H3. The molecule has 3 aromatic carbocycles. The topological polar surface area (TPSA) is 73.6 Å². The molecule has 0 aliphatic carbocycles. The summed E-state index contributed by atoms with van der Waals surface area (Å²) in [7, 11) is 0. The third-order valence-corrected chi connectivity index (χ3v) is 6.36. The van der Waals surface area contributed by atoms with Gasteiger partial charge in [-0.2, -0.15) is 10.5 Å². The second-order valence-corrected chi connectivity index (χ2v) is 8.19. The highest BCUT2D eigenvalue weighted by Crippen LogP contribution is 2.49. The van der Waals surface area contributed by atoms with Crippen LogP contribution in [0, 0.1) is 22.7 Å². The summed E-state index contributed by atoms with van der Waals surface area (Å²) in [5, 5.41) is 19.7. The Hall–Kier alpha value is -3.21. The van der Waals surface area contributed by atoms with Crippen molar-refractivity contribution >= 4 is 17.4 Å². The van der Waals surface area contributed by atoms with Crippen molar-refractivity contribution in [2.24, 2.45) is 0 Å². The predicted octanol–water partition coefficient (Wildman–Crippen LogP) is 6.08. The minimum absolute atomic E-state index is 0.272. The van der Waals surface area contributed by atoms with Gasteiger partial charge in [0.15, 0.2) is 0 Å². The molecule has 4 heteroatoms. The summed E-state index contributed by atoms with van der Waals surface area (Å²) in [4.78, 5) is 1.14. The summed E-state index contributed by atoms with van der Waals surface area (Å²) in [5.41, 5.74) is 13.4. The number of rotatable bonds is 2. The van der Waals surface area contributed by atoms with Crippen molar-refractivity contribution in [1.82, 2.24) is 0 Å². The highest BCUT2D eigenvalue weighted by atomic mass is 32.2. The normalized spacial score (nSPS) is 12.0.